The van der Waals surface area contributed by atoms with E-state index in [1.807, 2.05) is 0 Å². The van der Waals surface area contributed by atoms with Crippen molar-refractivity contribution in [2.24, 2.45) is 0 Å². The molecule has 0 saturated heterocycles. The van der Waals surface area contributed by atoms with Crippen molar-refractivity contribution in [2.45, 2.75) is 6.92 Å². The van der Waals surface area contributed by atoms with Gasteiger partial charge in [-0.25, -0.2) is 0 Å². The Labute approximate surface area is 104 Å². The highest BCUT2D eigenvalue weighted by molar-refractivity contribution is 5.65. The van der Waals surface area contributed by atoms with Crippen molar-refractivity contribution in [2.75, 3.05) is 21.1 Å². The molecule has 0 unspecified atom stereocenters. The third kappa shape index (κ3) is 2.75. The van der Waals surface area contributed by atoms with Crippen LogP contribution in [0.1, 0.15) is 5.56 Å². The Morgan fingerprint density at radius 2 is 1.06 bits per heavy atom. The Balaban J connectivity index is 2.33. The van der Waals surface area contributed by atoms with Gasteiger partial charge in [-0.2, -0.15) is 0 Å². The number of benzene rings is 2. The quantitative estimate of drug-likeness (QED) is 0.682. The highest BCUT2D eigenvalue weighted by Gasteiger charge is 2.11. The number of hydrogen-bond donors (Lipinski definition) is 0. The molecule has 2 aromatic rings. The van der Waals surface area contributed by atoms with E-state index in [9.17, 15) is 0 Å². The molecule has 0 aliphatic carbocycles. The van der Waals surface area contributed by atoms with E-state index in [1.54, 1.807) is 0 Å². The lowest BCUT2D eigenvalue weighted by Crippen LogP contribution is -2.34. The molecule has 1 heteroatoms. The maximum absolute atomic E-state index is 2.20. The van der Waals surface area contributed by atoms with Crippen LogP contribution in [0.5, 0.6) is 0 Å². The largest absolute Gasteiger partial charge is 0.298 e. The first-order valence-electron chi connectivity index (χ1n) is 5.96. The van der Waals surface area contributed by atoms with Crippen LogP contribution < -0.4 is 4.48 Å². The molecule has 0 amide bonds. The van der Waals surface area contributed by atoms with Gasteiger partial charge in [0.2, 0.25) is 0 Å². The molecule has 0 spiro atoms. The van der Waals surface area contributed by atoms with E-state index < -0.39 is 0 Å². The van der Waals surface area contributed by atoms with Gasteiger partial charge in [-0.3, -0.25) is 4.48 Å². The van der Waals surface area contributed by atoms with Crippen molar-refractivity contribution >= 4 is 5.69 Å². The van der Waals surface area contributed by atoms with E-state index in [-0.39, 0.29) is 0 Å². The van der Waals surface area contributed by atoms with Crippen LogP contribution in [0.4, 0.5) is 5.69 Å². The summed E-state index contributed by atoms with van der Waals surface area (Å²) in [5, 5.41) is 0. The maximum atomic E-state index is 2.20. The van der Waals surface area contributed by atoms with Gasteiger partial charge in [0.15, 0.2) is 0 Å². The third-order valence-corrected chi connectivity index (χ3v) is 3.03. The van der Waals surface area contributed by atoms with Crippen molar-refractivity contribution in [3.8, 4) is 11.1 Å². The molecule has 1 nitrogen and oxygen atoms in total. The summed E-state index contributed by atoms with van der Waals surface area (Å²) in [7, 11) is 6.54. The predicted molar refractivity (Wildman–Crippen MR) is 76.2 cm³/mol. The minimum Gasteiger partial charge on any atom is -0.298 e. The average Bonchev–Trinajstić information content (AvgIpc) is 2.29. The molecule has 0 atom stereocenters. The lowest BCUT2D eigenvalue weighted by Gasteiger charge is -2.23. The first kappa shape index (κ1) is 11.9. The van der Waals surface area contributed by atoms with Crippen molar-refractivity contribution in [1.29, 1.82) is 0 Å². The Morgan fingerprint density at radius 1 is 0.647 bits per heavy atom. The summed E-state index contributed by atoms with van der Waals surface area (Å²) in [6.07, 6.45) is 0. The molecule has 0 aliphatic heterocycles. The van der Waals surface area contributed by atoms with Gasteiger partial charge >= 0.3 is 0 Å². The zero-order valence-corrected chi connectivity index (χ0v) is 11.1. The first-order chi connectivity index (χ1) is 7.97. The summed E-state index contributed by atoms with van der Waals surface area (Å²) in [4.78, 5) is 0. The van der Waals surface area contributed by atoms with E-state index in [0.29, 0.717) is 0 Å². The van der Waals surface area contributed by atoms with Gasteiger partial charge in [-0.15, -0.1) is 0 Å². The molecule has 0 aromatic heterocycles. The van der Waals surface area contributed by atoms with Gasteiger partial charge < -0.3 is 0 Å². The van der Waals surface area contributed by atoms with Crippen LogP contribution in [-0.4, -0.2) is 21.1 Å². The van der Waals surface area contributed by atoms with Crippen LogP contribution >= 0.6 is 0 Å². The van der Waals surface area contributed by atoms with Gasteiger partial charge in [0.1, 0.15) is 5.69 Å². The van der Waals surface area contributed by atoms with E-state index in [1.165, 1.54) is 22.4 Å². The lowest BCUT2D eigenvalue weighted by atomic mass is 10.0. The van der Waals surface area contributed by atoms with Crippen molar-refractivity contribution in [3.63, 3.8) is 0 Å². The summed E-state index contributed by atoms with van der Waals surface area (Å²) in [6, 6.07) is 17.5. The minimum absolute atomic E-state index is 0.855. The second kappa shape index (κ2) is 4.34. The molecular weight excluding hydrogens is 206 g/mol. The second-order valence-corrected chi connectivity index (χ2v) is 5.43. The number of quaternary nitrogens is 1. The number of rotatable bonds is 2. The smallest absolute Gasteiger partial charge is 0.132 e. The van der Waals surface area contributed by atoms with Crippen molar-refractivity contribution in [3.05, 3.63) is 54.1 Å². The van der Waals surface area contributed by atoms with E-state index >= 15 is 0 Å². The van der Waals surface area contributed by atoms with Crippen LogP contribution in [0.3, 0.4) is 0 Å². The zero-order chi connectivity index (χ0) is 12.5. The van der Waals surface area contributed by atoms with Gasteiger partial charge in [-0.05, 0) is 42.3 Å². The SMILES string of the molecule is Cc1ccc(-c2ccc([N+](C)(C)C)cc2)cc1. The fraction of sp³-hybridized carbons (Fsp3) is 0.250. The van der Waals surface area contributed by atoms with Gasteiger partial charge in [-0.1, -0.05) is 29.8 Å². The van der Waals surface area contributed by atoms with Gasteiger partial charge in [0, 0.05) is 0 Å². The Hall–Kier alpha value is -1.60. The monoisotopic (exact) mass is 226 g/mol. The third-order valence-electron chi connectivity index (χ3n) is 3.03. The molecule has 17 heavy (non-hydrogen) atoms. The summed E-state index contributed by atoms with van der Waals surface area (Å²) in [5.41, 5.74) is 5.18. The molecule has 88 valence electrons. The van der Waals surface area contributed by atoms with Crippen LogP contribution in [-0.2, 0) is 0 Å². The normalized spacial score (nSPS) is 11.5. The maximum Gasteiger partial charge on any atom is 0.132 e. The highest BCUT2D eigenvalue weighted by Crippen LogP contribution is 2.24. The molecule has 0 bridgehead atoms. The average molecular weight is 226 g/mol. The molecule has 2 aromatic carbocycles. The molecule has 0 saturated carbocycles. The van der Waals surface area contributed by atoms with E-state index in [4.69, 9.17) is 0 Å². The summed E-state index contributed by atoms with van der Waals surface area (Å²) in [6.45, 7) is 2.12. The number of aryl methyl sites for hydroxylation is 1. The standard InChI is InChI=1S/C16H20N/c1-13-5-7-14(8-6-13)15-9-11-16(12-10-15)17(2,3)4/h5-12H,1-4H3/q+1. The molecule has 0 heterocycles. The fourth-order valence-corrected chi connectivity index (χ4v) is 1.85. The topological polar surface area (TPSA) is 0 Å². The molecular formula is C16H20N+. The molecule has 0 fully saturated rings. The summed E-state index contributed by atoms with van der Waals surface area (Å²) < 4.78 is 0.855. The number of nitrogens with zero attached hydrogens (tertiary/aromatic N) is 1. The molecule has 0 aliphatic rings. The Morgan fingerprint density at radius 3 is 1.47 bits per heavy atom. The van der Waals surface area contributed by atoms with Gasteiger partial charge in [0.25, 0.3) is 0 Å². The van der Waals surface area contributed by atoms with E-state index in [0.717, 1.165) is 4.48 Å². The second-order valence-electron chi connectivity index (χ2n) is 5.43. The summed E-state index contributed by atoms with van der Waals surface area (Å²) in [5.74, 6) is 0. The van der Waals surface area contributed by atoms with Crippen LogP contribution in [0.15, 0.2) is 48.5 Å². The Bertz CT molecular complexity index is 487. The fourth-order valence-electron chi connectivity index (χ4n) is 1.85. The first-order valence-corrected chi connectivity index (χ1v) is 5.96. The van der Waals surface area contributed by atoms with E-state index in [2.05, 4.69) is 76.6 Å². The number of hydrogen-bond acceptors (Lipinski definition) is 0. The van der Waals surface area contributed by atoms with Gasteiger partial charge in [0.05, 0.1) is 21.1 Å². The Kier molecular flexibility index (Phi) is 3.03. The zero-order valence-electron chi connectivity index (χ0n) is 11.1. The molecule has 0 radical (unpaired) electrons. The highest BCUT2D eigenvalue weighted by atomic mass is 15.3. The lowest BCUT2D eigenvalue weighted by molar-refractivity contribution is 0.486. The minimum atomic E-state index is 0.855. The summed E-state index contributed by atoms with van der Waals surface area (Å²) >= 11 is 0. The van der Waals surface area contributed by atoms with Crippen molar-refractivity contribution < 1.29 is 0 Å². The molecule has 2 rings (SSSR count). The van der Waals surface area contributed by atoms with Crippen LogP contribution in [0.25, 0.3) is 11.1 Å². The van der Waals surface area contributed by atoms with Crippen molar-refractivity contribution in [1.82, 2.24) is 4.48 Å². The van der Waals surface area contributed by atoms with Crippen LogP contribution in [0.2, 0.25) is 0 Å². The molecule has 0 N–H and O–H groups in total. The van der Waals surface area contributed by atoms with Crippen LogP contribution in [0, 0.1) is 6.92 Å². The predicted octanol–water partition coefficient (Wildman–Crippen LogP) is 3.86.